The van der Waals surface area contributed by atoms with Crippen LogP contribution in [0, 0.1) is 4.77 Å². The van der Waals surface area contributed by atoms with E-state index in [9.17, 15) is 0 Å². The fraction of sp³-hybridized carbons (Fsp3) is 0.167. The maximum absolute atomic E-state index is 5.43. The zero-order valence-electron chi connectivity index (χ0n) is 14.0. The van der Waals surface area contributed by atoms with Crippen LogP contribution in [-0.2, 0) is 0 Å². The monoisotopic (exact) mass is 354 g/mol. The third-order valence-corrected chi connectivity index (χ3v) is 3.78. The molecule has 0 bridgehead atoms. The molecular formula is C18H18N4O2S. The van der Waals surface area contributed by atoms with Crippen molar-refractivity contribution in [2.24, 2.45) is 5.10 Å². The summed E-state index contributed by atoms with van der Waals surface area (Å²) >= 11 is 5.28. The lowest BCUT2D eigenvalue weighted by Gasteiger charge is -2.04. The van der Waals surface area contributed by atoms with Gasteiger partial charge in [-0.05, 0) is 73.2 Å². The zero-order chi connectivity index (χ0) is 17.6. The summed E-state index contributed by atoms with van der Waals surface area (Å²) in [6, 6.07) is 15.2. The summed E-state index contributed by atoms with van der Waals surface area (Å²) in [5, 5.41) is 11.5. The first kappa shape index (κ1) is 16.9. The molecule has 1 N–H and O–H groups in total. The first-order valence-corrected chi connectivity index (χ1v) is 8.21. The number of H-pyrrole nitrogens is 1. The highest BCUT2D eigenvalue weighted by Crippen LogP contribution is 2.21. The Morgan fingerprint density at radius 3 is 2.44 bits per heavy atom. The molecule has 0 atom stereocenters. The van der Waals surface area contributed by atoms with Crippen molar-refractivity contribution in [3.05, 3.63) is 58.9 Å². The van der Waals surface area contributed by atoms with E-state index in [4.69, 9.17) is 21.7 Å². The van der Waals surface area contributed by atoms with Crippen molar-refractivity contribution in [3.63, 3.8) is 0 Å². The van der Waals surface area contributed by atoms with Crippen LogP contribution >= 0.6 is 12.2 Å². The Morgan fingerprint density at radius 2 is 1.80 bits per heavy atom. The van der Waals surface area contributed by atoms with E-state index in [0.29, 0.717) is 17.2 Å². The number of aromatic amines is 1. The molecule has 2 aromatic carbocycles. The number of ether oxygens (including phenoxy) is 2. The van der Waals surface area contributed by atoms with Crippen LogP contribution < -0.4 is 9.47 Å². The van der Waals surface area contributed by atoms with Crippen LogP contribution in [0.3, 0.4) is 0 Å². The molecule has 0 radical (unpaired) electrons. The Labute approximate surface area is 150 Å². The van der Waals surface area contributed by atoms with Gasteiger partial charge >= 0.3 is 0 Å². The largest absolute Gasteiger partial charge is 0.497 e. The second-order valence-electron chi connectivity index (χ2n) is 5.14. The van der Waals surface area contributed by atoms with E-state index < -0.39 is 0 Å². The Kier molecular flexibility index (Phi) is 5.25. The van der Waals surface area contributed by atoms with Gasteiger partial charge in [0.05, 0.1) is 19.9 Å². The molecule has 3 rings (SSSR count). The molecule has 0 aliphatic rings. The van der Waals surface area contributed by atoms with Crippen LogP contribution in [0.15, 0.2) is 53.6 Å². The smallest absolute Gasteiger partial charge is 0.216 e. The second kappa shape index (κ2) is 7.76. The molecule has 25 heavy (non-hydrogen) atoms. The van der Waals surface area contributed by atoms with E-state index in [0.717, 1.165) is 22.6 Å². The van der Waals surface area contributed by atoms with E-state index >= 15 is 0 Å². The van der Waals surface area contributed by atoms with Gasteiger partial charge in [-0.15, -0.1) is 0 Å². The molecule has 0 saturated carbocycles. The van der Waals surface area contributed by atoms with Gasteiger partial charge in [0.2, 0.25) is 4.77 Å². The third-order valence-electron chi connectivity index (χ3n) is 3.51. The topological polar surface area (TPSA) is 64.4 Å². The van der Waals surface area contributed by atoms with Crippen molar-refractivity contribution in [2.45, 2.75) is 6.92 Å². The number of methoxy groups -OCH3 is 1. The van der Waals surface area contributed by atoms with E-state index in [1.165, 1.54) is 0 Å². The summed E-state index contributed by atoms with van der Waals surface area (Å²) in [7, 11) is 1.63. The van der Waals surface area contributed by atoms with Gasteiger partial charge in [-0.2, -0.15) is 14.9 Å². The molecular weight excluding hydrogens is 336 g/mol. The van der Waals surface area contributed by atoms with Crippen molar-refractivity contribution in [1.29, 1.82) is 0 Å². The van der Waals surface area contributed by atoms with Crippen LogP contribution in [0.25, 0.3) is 11.4 Å². The molecule has 0 aliphatic heterocycles. The molecule has 0 saturated heterocycles. The zero-order valence-corrected chi connectivity index (χ0v) is 14.8. The van der Waals surface area contributed by atoms with E-state index in [1.54, 1.807) is 18.0 Å². The molecule has 0 unspecified atom stereocenters. The summed E-state index contributed by atoms with van der Waals surface area (Å²) in [5.74, 6) is 2.25. The minimum absolute atomic E-state index is 0.424. The van der Waals surface area contributed by atoms with Crippen LogP contribution in [0.1, 0.15) is 12.5 Å². The Hall–Kier alpha value is -2.93. The second-order valence-corrected chi connectivity index (χ2v) is 5.53. The van der Waals surface area contributed by atoms with Crippen molar-refractivity contribution >= 4 is 18.4 Å². The average molecular weight is 354 g/mol. The lowest BCUT2D eigenvalue weighted by molar-refractivity contribution is 0.340. The highest BCUT2D eigenvalue weighted by atomic mass is 32.1. The normalized spacial score (nSPS) is 11.0. The number of rotatable bonds is 6. The number of hydrogen-bond acceptors (Lipinski definition) is 5. The number of nitrogens with zero attached hydrogens (tertiary/aromatic N) is 3. The maximum Gasteiger partial charge on any atom is 0.216 e. The quantitative estimate of drug-likeness (QED) is 0.539. The molecule has 0 amide bonds. The molecule has 6 nitrogen and oxygen atoms in total. The molecule has 128 valence electrons. The van der Waals surface area contributed by atoms with Gasteiger partial charge in [-0.25, -0.2) is 5.10 Å². The van der Waals surface area contributed by atoms with Crippen molar-refractivity contribution in [3.8, 4) is 22.9 Å². The first-order valence-electron chi connectivity index (χ1n) is 7.80. The van der Waals surface area contributed by atoms with Gasteiger partial charge in [0.15, 0.2) is 5.82 Å². The predicted octanol–water partition coefficient (Wildman–Crippen LogP) is 3.90. The Bertz CT molecular complexity index is 911. The lowest BCUT2D eigenvalue weighted by atomic mass is 10.2. The molecule has 3 aromatic rings. The van der Waals surface area contributed by atoms with E-state index in [1.807, 2.05) is 55.5 Å². The summed E-state index contributed by atoms with van der Waals surface area (Å²) in [6.45, 7) is 2.60. The van der Waals surface area contributed by atoms with Gasteiger partial charge in [0, 0.05) is 5.56 Å². The number of hydrogen-bond donors (Lipinski definition) is 1. The molecule has 1 aromatic heterocycles. The SMILES string of the molecule is CCOc1ccc(/C=N\n2c(-c3ccc(OC)cc3)n[nH]c2=S)cc1. The summed E-state index contributed by atoms with van der Waals surface area (Å²) in [4.78, 5) is 0. The maximum atomic E-state index is 5.43. The van der Waals surface area contributed by atoms with Crippen LogP contribution in [0.5, 0.6) is 11.5 Å². The van der Waals surface area contributed by atoms with Gasteiger partial charge in [0.25, 0.3) is 0 Å². The summed E-state index contributed by atoms with van der Waals surface area (Å²) in [6.07, 6.45) is 1.73. The van der Waals surface area contributed by atoms with Crippen molar-refractivity contribution in [2.75, 3.05) is 13.7 Å². The van der Waals surface area contributed by atoms with Gasteiger partial charge in [-0.3, -0.25) is 0 Å². The fourth-order valence-electron chi connectivity index (χ4n) is 2.27. The molecule has 0 fully saturated rings. The van der Waals surface area contributed by atoms with Crippen LogP contribution in [-0.4, -0.2) is 34.8 Å². The Balaban J connectivity index is 1.87. The molecule has 7 heteroatoms. The van der Waals surface area contributed by atoms with E-state index in [-0.39, 0.29) is 0 Å². The summed E-state index contributed by atoms with van der Waals surface area (Å²) < 4.78 is 12.6. The van der Waals surface area contributed by atoms with Crippen LogP contribution in [0.2, 0.25) is 0 Å². The van der Waals surface area contributed by atoms with Gasteiger partial charge in [0.1, 0.15) is 11.5 Å². The predicted molar refractivity (Wildman–Crippen MR) is 100 cm³/mol. The third kappa shape index (κ3) is 3.95. The van der Waals surface area contributed by atoms with Crippen LogP contribution in [0.4, 0.5) is 0 Å². The molecule has 0 spiro atoms. The minimum atomic E-state index is 0.424. The minimum Gasteiger partial charge on any atom is -0.497 e. The number of nitrogens with one attached hydrogen (secondary N) is 1. The van der Waals surface area contributed by atoms with Gasteiger partial charge in [-0.1, -0.05) is 0 Å². The van der Waals surface area contributed by atoms with Crippen molar-refractivity contribution in [1.82, 2.24) is 14.9 Å². The summed E-state index contributed by atoms with van der Waals surface area (Å²) in [5.41, 5.74) is 1.82. The van der Waals surface area contributed by atoms with E-state index in [2.05, 4.69) is 15.3 Å². The Morgan fingerprint density at radius 1 is 1.12 bits per heavy atom. The fourth-order valence-corrected chi connectivity index (χ4v) is 2.45. The number of benzene rings is 2. The number of aromatic nitrogens is 3. The van der Waals surface area contributed by atoms with Crippen molar-refractivity contribution < 1.29 is 9.47 Å². The van der Waals surface area contributed by atoms with Gasteiger partial charge < -0.3 is 9.47 Å². The average Bonchev–Trinajstić information content (AvgIpc) is 3.02. The lowest BCUT2D eigenvalue weighted by Crippen LogP contribution is -1.95. The molecule has 1 heterocycles. The highest BCUT2D eigenvalue weighted by molar-refractivity contribution is 7.71. The molecule has 0 aliphatic carbocycles. The highest BCUT2D eigenvalue weighted by Gasteiger charge is 2.08. The first-order chi connectivity index (χ1) is 12.2. The standard InChI is InChI=1S/C18H18N4O2S/c1-3-24-16-8-4-13(5-9-16)12-19-22-17(20-21-18(22)25)14-6-10-15(23-2)11-7-14/h4-12H,3H2,1-2H3,(H,21,25)/b19-12-.